The molecule has 5 nitrogen and oxygen atoms in total. The van der Waals surface area contributed by atoms with Crippen molar-refractivity contribution >= 4 is 35.3 Å². The summed E-state index contributed by atoms with van der Waals surface area (Å²) in [7, 11) is 0. The quantitative estimate of drug-likeness (QED) is 0.239. The van der Waals surface area contributed by atoms with Gasteiger partial charge in [-0.1, -0.05) is 80.6 Å². The lowest BCUT2D eigenvalue weighted by molar-refractivity contribution is -0.122. The number of benzene rings is 3. The fraction of sp³-hybridized carbons (Fsp3) is 0.290. The van der Waals surface area contributed by atoms with Crippen molar-refractivity contribution in [3.8, 4) is 5.75 Å². The molecule has 0 fully saturated rings. The normalized spacial score (nSPS) is 14.8. The first-order valence-electron chi connectivity index (χ1n) is 12.9. The van der Waals surface area contributed by atoms with Crippen LogP contribution in [0.1, 0.15) is 56.3 Å². The lowest BCUT2D eigenvalue weighted by atomic mass is 10.1. The van der Waals surface area contributed by atoms with E-state index in [0.717, 1.165) is 46.7 Å². The van der Waals surface area contributed by atoms with Gasteiger partial charge in [0.25, 0.3) is 5.91 Å². The van der Waals surface area contributed by atoms with E-state index in [2.05, 4.69) is 31.3 Å². The molecule has 0 spiro atoms. The van der Waals surface area contributed by atoms with Gasteiger partial charge in [-0.2, -0.15) is 0 Å². The summed E-state index contributed by atoms with van der Waals surface area (Å²) in [5, 5.41) is 3.04. The maximum absolute atomic E-state index is 13.5. The minimum atomic E-state index is -0.211. The summed E-state index contributed by atoms with van der Waals surface area (Å²) in [5.74, 6) is 0.449. The van der Waals surface area contributed by atoms with E-state index in [9.17, 15) is 9.59 Å². The Balaban J connectivity index is 1.46. The molecule has 0 radical (unpaired) electrons. The Morgan fingerprint density at radius 1 is 1.03 bits per heavy atom. The topological polar surface area (TPSA) is 58.6 Å². The zero-order chi connectivity index (χ0) is 26.2. The first kappa shape index (κ1) is 26.6. The predicted octanol–water partition coefficient (Wildman–Crippen LogP) is 6.79. The molecule has 37 heavy (non-hydrogen) atoms. The van der Waals surface area contributed by atoms with Crippen molar-refractivity contribution in [3.63, 3.8) is 0 Å². The summed E-state index contributed by atoms with van der Waals surface area (Å²) in [6, 6.07) is 23.5. The number of carbonyl (C=O) groups excluding carboxylic acids is 2. The van der Waals surface area contributed by atoms with E-state index in [0.29, 0.717) is 11.5 Å². The molecule has 0 aliphatic carbocycles. The fourth-order valence-electron chi connectivity index (χ4n) is 4.12. The summed E-state index contributed by atoms with van der Waals surface area (Å²) in [5.41, 5.74) is 3.95. The Bertz CT molecular complexity index is 1250. The highest BCUT2D eigenvalue weighted by atomic mass is 32.2. The number of rotatable bonds is 10. The number of ether oxygens (including phenoxy) is 1. The standard InChI is InChI=1S/C31H34N2O3S/c1-4-6-19-36-26-17-15-25(16-18-26)22(3)32-30(34)21-33-27-9-7-8-10-28(27)37-29(31(33)35)20-24-13-11-23(5-2)12-14-24/h7-18,20,22H,4-6,19,21H2,1-3H3,(H,32,34). The van der Waals surface area contributed by atoms with E-state index in [1.165, 1.54) is 17.3 Å². The van der Waals surface area contributed by atoms with Crippen molar-refractivity contribution in [2.24, 2.45) is 0 Å². The highest BCUT2D eigenvalue weighted by Crippen LogP contribution is 2.42. The molecule has 0 saturated carbocycles. The number of aryl methyl sites for hydroxylation is 1. The van der Waals surface area contributed by atoms with Crippen LogP contribution in [0.25, 0.3) is 6.08 Å². The molecule has 1 N–H and O–H groups in total. The number of para-hydroxylation sites is 1. The highest BCUT2D eigenvalue weighted by Gasteiger charge is 2.30. The van der Waals surface area contributed by atoms with Gasteiger partial charge < -0.3 is 10.1 Å². The van der Waals surface area contributed by atoms with Gasteiger partial charge in [0.15, 0.2) is 0 Å². The molecule has 3 aromatic carbocycles. The van der Waals surface area contributed by atoms with Crippen molar-refractivity contribution in [2.75, 3.05) is 18.1 Å². The number of nitrogens with zero attached hydrogens (tertiary/aromatic N) is 1. The maximum atomic E-state index is 13.5. The predicted molar refractivity (Wildman–Crippen MR) is 152 cm³/mol. The lowest BCUT2D eigenvalue weighted by Gasteiger charge is -2.30. The third-order valence-electron chi connectivity index (χ3n) is 6.34. The van der Waals surface area contributed by atoms with Crippen LogP contribution in [0.15, 0.2) is 82.6 Å². The zero-order valence-electron chi connectivity index (χ0n) is 21.7. The van der Waals surface area contributed by atoms with Crippen LogP contribution in [0.2, 0.25) is 0 Å². The van der Waals surface area contributed by atoms with Crippen LogP contribution in [-0.2, 0) is 16.0 Å². The summed E-state index contributed by atoms with van der Waals surface area (Å²) >= 11 is 1.45. The van der Waals surface area contributed by atoms with Gasteiger partial charge in [0, 0.05) is 4.90 Å². The molecule has 6 heteroatoms. The van der Waals surface area contributed by atoms with Gasteiger partial charge in [-0.25, -0.2) is 0 Å². The van der Waals surface area contributed by atoms with Crippen molar-refractivity contribution in [1.82, 2.24) is 5.32 Å². The lowest BCUT2D eigenvalue weighted by Crippen LogP contribution is -2.43. The first-order valence-corrected chi connectivity index (χ1v) is 13.7. The van der Waals surface area contributed by atoms with Gasteiger partial charge in [0.05, 0.1) is 23.2 Å². The Morgan fingerprint density at radius 3 is 2.46 bits per heavy atom. The van der Waals surface area contributed by atoms with Gasteiger partial charge in [-0.15, -0.1) is 0 Å². The second kappa shape index (κ2) is 12.6. The van der Waals surface area contributed by atoms with Crippen LogP contribution in [0.5, 0.6) is 5.75 Å². The molecule has 1 aliphatic rings. The van der Waals surface area contributed by atoms with Gasteiger partial charge in [0.2, 0.25) is 5.91 Å². The molecule has 1 atom stereocenters. The number of unbranched alkanes of at least 4 members (excludes halogenated alkanes) is 1. The Kier molecular flexibility index (Phi) is 9.07. The summed E-state index contributed by atoms with van der Waals surface area (Å²) in [4.78, 5) is 29.7. The van der Waals surface area contributed by atoms with E-state index in [1.54, 1.807) is 4.90 Å². The number of anilines is 1. The molecule has 3 aromatic rings. The van der Waals surface area contributed by atoms with Gasteiger partial charge in [-0.3, -0.25) is 14.5 Å². The minimum absolute atomic E-state index is 0.0505. The number of thioether (sulfide) groups is 1. The highest BCUT2D eigenvalue weighted by molar-refractivity contribution is 8.04. The van der Waals surface area contributed by atoms with E-state index < -0.39 is 0 Å². The second-order valence-corrected chi connectivity index (χ2v) is 10.2. The summed E-state index contributed by atoms with van der Waals surface area (Å²) in [6.07, 6.45) is 4.98. The number of hydrogen-bond acceptors (Lipinski definition) is 4. The molecular formula is C31H34N2O3S. The van der Waals surface area contributed by atoms with Crippen LogP contribution in [0.4, 0.5) is 5.69 Å². The van der Waals surface area contributed by atoms with Crippen molar-refractivity contribution in [3.05, 3.63) is 94.4 Å². The van der Waals surface area contributed by atoms with E-state index >= 15 is 0 Å². The number of hydrogen-bond donors (Lipinski definition) is 1. The summed E-state index contributed by atoms with van der Waals surface area (Å²) < 4.78 is 5.73. The Hall–Kier alpha value is -3.51. The van der Waals surface area contributed by atoms with E-state index in [4.69, 9.17) is 4.74 Å². The molecule has 1 heterocycles. The number of amides is 2. The minimum Gasteiger partial charge on any atom is -0.494 e. The molecule has 2 amide bonds. The van der Waals surface area contributed by atoms with Crippen LogP contribution in [-0.4, -0.2) is 25.0 Å². The molecule has 0 saturated heterocycles. The van der Waals surface area contributed by atoms with Gasteiger partial charge >= 0.3 is 0 Å². The zero-order valence-corrected chi connectivity index (χ0v) is 22.5. The monoisotopic (exact) mass is 514 g/mol. The number of nitrogens with one attached hydrogen (secondary N) is 1. The SMILES string of the molecule is CCCCOc1ccc(C(C)NC(=O)CN2C(=O)C(=Cc3ccc(CC)cc3)Sc3ccccc32)cc1. The van der Waals surface area contributed by atoms with Crippen LogP contribution in [0, 0.1) is 0 Å². The number of fused-ring (bicyclic) bond motifs is 1. The maximum Gasteiger partial charge on any atom is 0.265 e. The van der Waals surface area contributed by atoms with Gasteiger partial charge in [-0.05, 0) is 66.8 Å². The number of carbonyl (C=O) groups is 2. The third kappa shape index (κ3) is 6.83. The average Bonchev–Trinajstić information content (AvgIpc) is 2.92. The Morgan fingerprint density at radius 2 is 1.76 bits per heavy atom. The van der Waals surface area contributed by atoms with Gasteiger partial charge in [0.1, 0.15) is 12.3 Å². The van der Waals surface area contributed by atoms with Crippen molar-refractivity contribution in [1.29, 1.82) is 0 Å². The smallest absolute Gasteiger partial charge is 0.265 e. The van der Waals surface area contributed by atoms with E-state index in [-0.39, 0.29) is 24.4 Å². The largest absolute Gasteiger partial charge is 0.494 e. The van der Waals surface area contributed by atoms with Crippen LogP contribution >= 0.6 is 11.8 Å². The second-order valence-electron chi connectivity index (χ2n) is 9.13. The molecule has 1 aliphatic heterocycles. The first-order chi connectivity index (χ1) is 18.0. The van der Waals surface area contributed by atoms with Crippen LogP contribution in [0.3, 0.4) is 0 Å². The fourth-order valence-corrected chi connectivity index (χ4v) is 5.18. The third-order valence-corrected chi connectivity index (χ3v) is 7.42. The summed E-state index contributed by atoms with van der Waals surface area (Å²) in [6.45, 7) is 6.84. The van der Waals surface area contributed by atoms with Crippen molar-refractivity contribution < 1.29 is 14.3 Å². The van der Waals surface area contributed by atoms with Crippen LogP contribution < -0.4 is 15.0 Å². The molecule has 0 aromatic heterocycles. The van der Waals surface area contributed by atoms with Crippen molar-refractivity contribution in [2.45, 2.75) is 51.0 Å². The molecule has 192 valence electrons. The molecule has 4 rings (SSSR count). The Labute approximate surface area is 223 Å². The molecule has 0 bridgehead atoms. The molecule has 1 unspecified atom stereocenters. The average molecular weight is 515 g/mol. The molecular weight excluding hydrogens is 480 g/mol. The van der Waals surface area contributed by atoms with E-state index in [1.807, 2.05) is 73.7 Å².